The molecule has 1 saturated heterocycles. The molecule has 1 aliphatic rings. The minimum atomic E-state index is 0. The predicted molar refractivity (Wildman–Crippen MR) is 78.3 cm³/mol. The molecule has 3 nitrogen and oxygen atoms in total. The van der Waals surface area contributed by atoms with Gasteiger partial charge in [0, 0.05) is 17.8 Å². The smallest absolute Gasteiger partial charge is 0.226 e. The number of thiophene rings is 1. The first-order valence-corrected chi connectivity index (χ1v) is 7.00. The van der Waals surface area contributed by atoms with E-state index in [9.17, 15) is 4.79 Å². The molecule has 1 aliphatic heterocycles. The fraction of sp³-hybridized carbons (Fsp3) is 0.615. The molecule has 1 fully saturated rings. The SMILES string of the molecule is CC(C(=O)N(C)C(C)c1cccs1)C1CNC1.Cl. The zero-order chi connectivity index (χ0) is 12.4. The van der Waals surface area contributed by atoms with Gasteiger partial charge in [-0.3, -0.25) is 4.79 Å². The Labute approximate surface area is 119 Å². The number of hydrogen-bond donors (Lipinski definition) is 1. The molecule has 0 saturated carbocycles. The van der Waals surface area contributed by atoms with E-state index in [1.54, 1.807) is 11.3 Å². The lowest BCUT2D eigenvalue weighted by molar-refractivity contribution is -0.138. The number of nitrogens with zero attached hydrogens (tertiary/aromatic N) is 1. The third-order valence-corrected chi connectivity index (χ3v) is 4.84. The van der Waals surface area contributed by atoms with E-state index < -0.39 is 0 Å². The first kappa shape index (κ1) is 15.5. The van der Waals surface area contributed by atoms with Crippen molar-refractivity contribution in [3.05, 3.63) is 22.4 Å². The first-order valence-electron chi connectivity index (χ1n) is 6.12. The summed E-state index contributed by atoms with van der Waals surface area (Å²) in [6.07, 6.45) is 0. The van der Waals surface area contributed by atoms with Crippen LogP contribution >= 0.6 is 23.7 Å². The number of carbonyl (C=O) groups is 1. The molecule has 0 spiro atoms. The Hall–Kier alpha value is -0.580. The first-order chi connectivity index (χ1) is 8.11. The van der Waals surface area contributed by atoms with Crippen molar-refractivity contribution in [2.75, 3.05) is 20.1 Å². The molecule has 2 heterocycles. The Morgan fingerprint density at radius 2 is 2.17 bits per heavy atom. The number of nitrogens with one attached hydrogen (secondary N) is 1. The van der Waals surface area contributed by atoms with E-state index in [1.807, 2.05) is 24.9 Å². The van der Waals surface area contributed by atoms with E-state index in [2.05, 4.69) is 23.7 Å². The van der Waals surface area contributed by atoms with Gasteiger partial charge in [0.2, 0.25) is 5.91 Å². The van der Waals surface area contributed by atoms with Crippen LogP contribution in [-0.4, -0.2) is 30.9 Å². The minimum absolute atomic E-state index is 0. The van der Waals surface area contributed by atoms with Crippen LogP contribution in [0.25, 0.3) is 0 Å². The maximum atomic E-state index is 12.3. The van der Waals surface area contributed by atoms with Crippen LogP contribution in [0.15, 0.2) is 17.5 Å². The predicted octanol–water partition coefficient (Wildman–Crippen LogP) is 2.54. The number of amides is 1. The summed E-state index contributed by atoms with van der Waals surface area (Å²) in [7, 11) is 1.91. The zero-order valence-electron chi connectivity index (χ0n) is 11.1. The second-order valence-electron chi connectivity index (χ2n) is 4.85. The Morgan fingerprint density at radius 3 is 2.61 bits per heavy atom. The summed E-state index contributed by atoms with van der Waals surface area (Å²) in [5.41, 5.74) is 0. The zero-order valence-corrected chi connectivity index (χ0v) is 12.7. The molecule has 0 bridgehead atoms. The summed E-state index contributed by atoms with van der Waals surface area (Å²) in [5, 5.41) is 5.28. The van der Waals surface area contributed by atoms with Crippen molar-refractivity contribution in [2.24, 2.45) is 11.8 Å². The van der Waals surface area contributed by atoms with Crippen LogP contribution in [0, 0.1) is 11.8 Å². The molecule has 102 valence electrons. The van der Waals surface area contributed by atoms with Gasteiger partial charge in [-0.25, -0.2) is 0 Å². The molecule has 0 radical (unpaired) electrons. The van der Waals surface area contributed by atoms with Crippen molar-refractivity contribution in [3.63, 3.8) is 0 Å². The van der Waals surface area contributed by atoms with E-state index in [-0.39, 0.29) is 30.3 Å². The van der Waals surface area contributed by atoms with Gasteiger partial charge in [0.1, 0.15) is 0 Å². The molecule has 2 unspecified atom stereocenters. The average Bonchev–Trinajstić information content (AvgIpc) is 2.76. The van der Waals surface area contributed by atoms with Crippen molar-refractivity contribution in [1.82, 2.24) is 10.2 Å². The topological polar surface area (TPSA) is 32.3 Å². The third kappa shape index (κ3) is 3.05. The third-order valence-electron chi connectivity index (χ3n) is 3.79. The highest BCUT2D eigenvalue weighted by atomic mass is 35.5. The van der Waals surface area contributed by atoms with Crippen LogP contribution in [0.1, 0.15) is 24.8 Å². The van der Waals surface area contributed by atoms with Gasteiger partial charge in [-0.2, -0.15) is 0 Å². The highest BCUT2D eigenvalue weighted by Crippen LogP contribution is 2.26. The molecular weight excluding hydrogens is 268 g/mol. The van der Waals surface area contributed by atoms with Crippen LogP contribution in [0.4, 0.5) is 0 Å². The monoisotopic (exact) mass is 288 g/mol. The maximum Gasteiger partial charge on any atom is 0.226 e. The second kappa shape index (κ2) is 6.55. The van der Waals surface area contributed by atoms with Crippen molar-refractivity contribution in [3.8, 4) is 0 Å². The van der Waals surface area contributed by atoms with E-state index in [0.29, 0.717) is 5.92 Å². The summed E-state index contributed by atoms with van der Waals surface area (Å²) in [6, 6.07) is 4.31. The Morgan fingerprint density at radius 1 is 1.50 bits per heavy atom. The molecule has 18 heavy (non-hydrogen) atoms. The molecule has 1 amide bonds. The molecule has 5 heteroatoms. The van der Waals surface area contributed by atoms with E-state index in [1.165, 1.54) is 4.88 Å². The molecule has 0 aliphatic carbocycles. The largest absolute Gasteiger partial charge is 0.338 e. The molecule has 0 aromatic carbocycles. The summed E-state index contributed by atoms with van der Waals surface area (Å²) in [4.78, 5) is 15.5. The summed E-state index contributed by atoms with van der Waals surface area (Å²) < 4.78 is 0. The van der Waals surface area contributed by atoms with Gasteiger partial charge in [0.25, 0.3) is 0 Å². The lowest BCUT2D eigenvalue weighted by atomic mass is 9.88. The normalized spacial score (nSPS) is 18.4. The summed E-state index contributed by atoms with van der Waals surface area (Å²) in [5.74, 6) is 0.904. The molecule has 1 N–H and O–H groups in total. The number of rotatable bonds is 4. The molecular formula is C13H21ClN2OS. The Bertz CT molecular complexity index is 378. The lowest BCUT2D eigenvalue weighted by Crippen LogP contribution is -2.50. The fourth-order valence-electron chi connectivity index (χ4n) is 2.10. The number of halogens is 1. The highest BCUT2D eigenvalue weighted by molar-refractivity contribution is 7.10. The Balaban J connectivity index is 0.00000162. The fourth-order valence-corrected chi connectivity index (χ4v) is 2.92. The van der Waals surface area contributed by atoms with Crippen molar-refractivity contribution in [2.45, 2.75) is 19.9 Å². The maximum absolute atomic E-state index is 12.3. The molecule has 1 aromatic heterocycles. The number of hydrogen-bond acceptors (Lipinski definition) is 3. The van der Waals surface area contributed by atoms with Crippen LogP contribution in [0.5, 0.6) is 0 Å². The van der Waals surface area contributed by atoms with Gasteiger partial charge in [0.05, 0.1) is 6.04 Å². The highest BCUT2D eigenvalue weighted by Gasteiger charge is 2.32. The van der Waals surface area contributed by atoms with Crippen LogP contribution in [0.2, 0.25) is 0 Å². The molecule has 1 aromatic rings. The molecule has 2 atom stereocenters. The average molecular weight is 289 g/mol. The van der Waals surface area contributed by atoms with Crippen LogP contribution in [0.3, 0.4) is 0 Å². The van der Waals surface area contributed by atoms with Crippen LogP contribution < -0.4 is 5.32 Å². The quantitative estimate of drug-likeness (QED) is 0.923. The van der Waals surface area contributed by atoms with E-state index >= 15 is 0 Å². The van der Waals surface area contributed by atoms with Crippen molar-refractivity contribution in [1.29, 1.82) is 0 Å². The van der Waals surface area contributed by atoms with Gasteiger partial charge in [0.15, 0.2) is 0 Å². The van der Waals surface area contributed by atoms with Crippen molar-refractivity contribution < 1.29 is 4.79 Å². The number of carbonyl (C=O) groups excluding carboxylic acids is 1. The standard InChI is InChI=1S/C13H20N2OS.ClH/c1-9(11-7-14-8-11)13(16)15(3)10(2)12-5-4-6-17-12;/h4-6,9-11,14H,7-8H2,1-3H3;1H. The van der Waals surface area contributed by atoms with Gasteiger partial charge >= 0.3 is 0 Å². The van der Waals surface area contributed by atoms with E-state index in [4.69, 9.17) is 0 Å². The minimum Gasteiger partial charge on any atom is -0.338 e. The van der Waals surface area contributed by atoms with Crippen molar-refractivity contribution >= 4 is 29.7 Å². The summed E-state index contributed by atoms with van der Waals surface area (Å²) in [6.45, 7) is 6.10. The van der Waals surface area contributed by atoms with Gasteiger partial charge in [-0.15, -0.1) is 23.7 Å². The van der Waals surface area contributed by atoms with Crippen LogP contribution in [-0.2, 0) is 4.79 Å². The lowest BCUT2D eigenvalue weighted by Gasteiger charge is -2.35. The molecule has 2 rings (SSSR count). The summed E-state index contributed by atoms with van der Waals surface area (Å²) >= 11 is 1.71. The van der Waals surface area contributed by atoms with E-state index in [0.717, 1.165) is 13.1 Å². The van der Waals surface area contributed by atoms with Gasteiger partial charge < -0.3 is 10.2 Å². The van der Waals surface area contributed by atoms with Gasteiger partial charge in [-0.05, 0) is 37.4 Å². The second-order valence-corrected chi connectivity index (χ2v) is 5.83. The van der Waals surface area contributed by atoms with Gasteiger partial charge in [-0.1, -0.05) is 13.0 Å². The Kier molecular flexibility index (Phi) is 5.63.